The van der Waals surface area contributed by atoms with E-state index in [1.54, 1.807) is 19.2 Å². The molecule has 6 nitrogen and oxygen atoms in total. The van der Waals surface area contributed by atoms with Crippen molar-refractivity contribution in [1.29, 1.82) is 0 Å². The molecular formula is C10H10ClN5O. The van der Waals surface area contributed by atoms with Crippen molar-refractivity contribution in [3.63, 3.8) is 0 Å². The second kappa shape index (κ2) is 4.50. The second-order valence-corrected chi connectivity index (χ2v) is 3.97. The predicted molar refractivity (Wildman–Crippen MR) is 62.9 cm³/mol. The lowest BCUT2D eigenvalue weighted by atomic mass is 10.1. The molecule has 1 aromatic heterocycles. The summed E-state index contributed by atoms with van der Waals surface area (Å²) in [5.74, 6) is -0.0699. The number of nitrogens with zero attached hydrogens (tertiary/aromatic N) is 4. The first-order valence-electron chi connectivity index (χ1n) is 4.88. The van der Waals surface area contributed by atoms with Gasteiger partial charge in [-0.15, -0.1) is 0 Å². The fourth-order valence-corrected chi connectivity index (χ4v) is 1.63. The van der Waals surface area contributed by atoms with Gasteiger partial charge in [0.15, 0.2) is 0 Å². The van der Waals surface area contributed by atoms with Gasteiger partial charge in [-0.1, -0.05) is 22.8 Å². The number of nitrogens with one attached hydrogen (secondary N) is 1. The Hall–Kier alpha value is -1.95. The number of benzene rings is 1. The van der Waals surface area contributed by atoms with Crippen LogP contribution in [0.15, 0.2) is 18.2 Å². The molecule has 17 heavy (non-hydrogen) atoms. The predicted octanol–water partition coefficient (Wildman–Crippen LogP) is 1.42. The highest BCUT2D eigenvalue weighted by Gasteiger charge is 2.13. The van der Waals surface area contributed by atoms with Gasteiger partial charge in [0.05, 0.1) is 10.6 Å². The highest BCUT2D eigenvalue weighted by atomic mass is 35.5. The quantitative estimate of drug-likeness (QED) is 0.876. The Morgan fingerprint density at radius 3 is 2.82 bits per heavy atom. The summed E-state index contributed by atoms with van der Waals surface area (Å²) in [6, 6.07) is 5.21. The summed E-state index contributed by atoms with van der Waals surface area (Å²) in [4.78, 5) is 11.9. The average Bonchev–Trinajstić information content (AvgIpc) is 2.64. The van der Waals surface area contributed by atoms with E-state index in [1.807, 2.05) is 13.0 Å². The molecule has 0 aliphatic carbocycles. The van der Waals surface area contributed by atoms with Crippen LogP contribution in [0.5, 0.6) is 0 Å². The normalized spacial score (nSPS) is 10.3. The number of aromatic nitrogens is 4. The molecule has 0 fully saturated rings. The van der Waals surface area contributed by atoms with Crippen molar-refractivity contribution in [2.24, 2.45) is 7.05 Å². The SMILES string of the molecule is Cc1ccc(C(=O)Nc2nnnn2C)c(Cl)c1. The lowest BCUT2D eigenvalue weighted by molar-refractivity contribution is 0.102. The molecule has 1 N–H and O–H groups in total. The molecule has 0 aliphatic rings. The summed E-state index contributed by atoms with van der Waals surface area (Å²) in [7, 11) is 1.63. The van der Waals surface area contributed by atoms with E-state index in [0.717, 1.165) is 5.56 Å². The molecule has 1 heterocycles. The van der Waals surface area contributed by atoms with Gasteiger partial charge in [-0.05, 0) is 35.0 Å². The largest absolute Gasteiger partial charge is 0.289 e. The molecule has 0 spiro atoms. The van der Waals surface area contributed by atoms with Gasteiger partial charge in [-0.2, -0.15) is 0 Å². The van der Waals surface area contributed by atoms with Crippen LogP contribution in [0.3, 0.4) is 0 Å². The lowest BCUT2D eigenvalue weighted by Crippen LogP contribution is -2.15. The third kappa shape index (κ3) is 2.42. The van der Waals surface area contributed by atoms with Crippen LogP contribution < -0.4 is 5.32 Å². The summed E-state index contributed by atoms with van der Waals surface area (Å²) >= 11 is 5.99. The molecule has 2 aromatic rings. The van der Waals surface area contributed by atoms with E-state index < -0.39 is 0 Å². The molecule has 0 unspecified atom stereocenters. The van der Waals surface area contributed by atoms with E-state index in [-0.39, 0.29) is 11.9 Å². The van der Waals surface area contributed by atoms with Gasteiger partial charge in [-0.25, -0.2) is 4.68 Å². The summed E-state index contributed by atoms with van der Waals surface area (Å²) in [5.41, 5.74) is 1.38. The zero-order chi connectivity index (χ0) is 12.4. The van der Waals surface area contributed by atoms with Gasteiger partial charge < -0.3 is 0 Å². The van der Waals surface area contributed by atoms with Crippen LogP contribution in [-0.4, -0.2) is 26.1 Å². The molecule has 0 saturated carbocycles. The molecule has 0 bridgehead atoms. The Morgan fingerprint density at radius 2 is 2.24 bits per heavy atom. The number of carbonyl (C=O) groups is 1. The summed E-state index contributed by atoms with van der Waals surface area (Å²) in [6.45, 7) is 1.90. The first kappa shape index (κ1) is 11.5. The first-order chi connectivity index (χ1) is 8.08. The Bertz CT molecular complexity index is 566. The molecule has 0 saturated heterocycles. The van der Waals surface area contributed by atoms with E-state index in [2.05, 4.69) is 20.8 Å². The molecule has 7 heteroatoms. The standard InChI is InChI=1S/C10H10ClN5O/c1-6-3-4-7(8(11)5-6)9(17)12-10-13-14-15-16(10)2/h3-5H,1-2H3,(H,12,13,15,17). The molecule has 0 atom stereocenters. The van der Waals surface area contributed by atoms with Crippen molar-refractivity contribution in [3.05, 3.63) is 34.3 Å². The molecule has 1 aromatic carbocycles. The zero-order valence-corrected chi connectivity index (χ0v) is 10.1. The smallest absolute Gasteiger partial charge is 0.259 e. The zero-order valence-electron chi connectivity index (χ0n) is 9.31. The third-order valence-corrected chi connectivity index (χ3v) is 2.53. The number of hydrogen-bond acceptors (Lipinski definition) is 4. The summed E-state index contributed by atoms with van der Waals surface area (Å²) in [6.07, 6.45) is 0. The number of rotatable bonds is 2. The number of hydrogen-bond donors (Lipinski definition) is 1. The Balaban J connectivity index is 2.23. The second-order valence-electron chi connectivity index (χ2n) is 3.56. The van der Waals surface area contributed by atoms with Gasteiger partial charge in [0.1, 0.15) is 0 Å². The maximum Gasteiger partial charge on any atom is 0.259 e. The van der Waals surface area contributed by atoms with Crippen molar-refractivity contribution in [1.82, 2.24) is 20.2 Å². The van der Waals surface area contributed by atoms with Crippen molar-refractivity contribution in [2.45, 2.75) is 6.92 Å². The summed E-state index contributed by atoms with van der Waals surface area (Å²) < 4.78 is 1.36. The topological polar surface area (TPSA) is 72.7 Å². The maximum absolute atomic E-state index is 11.9. The number of amides is 1. The highest BCUT2D eigenvalue weighted by Crippen LogP contribution is 2.18. The van der Waals surface area contributed by atoms with E-state index in [9.17, 15) is 4.79 Å². The Kier molecular flexibility index (Phi) is 3.06. The number of carbonyl (C=O) groups excluding carboxylic acids is 1. The van der Waals surface area contributed by atoms with Gasteiger partial charge in [-0.3, -0.25) is 10.1 Å². The van der Waals surface area contributed by atoms with Crippen LogP contribution in [0, 0.1) is 6.92 Å². The van der Waals surface area contributed by atoms with Crippen molar-refractivity contribution >= 4 is 23.5 Å². The van der Waals surface area contributed by atoms with Gasteiger partial charge >= 0.3 is 0 Å². The van der Waals surface area contributed by atoms with Crippen LogP contribution >= 0.6 is 11.6 Å². The van der Waals surface area contributed by atoms with Crippen LogP contribution in [-0.2, 0) is 7.05 Å². The van der Waals surface area contributed by atoms with E-state index in [0.29, 0.717) is 10.6 Å². The maximum atomic E-state index is 11.9. The van der Waals surface area contributed by atoms with Crippen molar-refractivity contribution in [2.75, 3.05) is 5.32 Å². The molecule has 0 aliphatic heterocycles. The Labute approximate surface area is 103 Å². The van der Waals surface area contributed by atoms with Gasteiger partial charge in [0, 0.05) is 7.05 Å². The van der Waals surface area contributed by atoms with Crippen LogP contribution in [0.25, 0.3) is 0 Å². The monoisotopic (exact) mass is 251 g/mol. The molecule has 88 valence electrons. The lowest BCUT2D eigenvalue weighted by Gasteiger charge is -2.05. The number of halogens is 1. The fraction of sp³-hybridized carbons (Fsp3) is 0.200. The summed E-state index contributed by atoms with van der Waals surface area (Å²) in [5, 5.41) is 13.7. The number of anilines is 1. The van der Waals surface area contributed by atoms with Crippen LogP contribution in [0.4, 0.5) is 5.95 Å². The minimum Gasteiger partial charge on any atom is -0.289 e. The third-order valence-electron chi connectivity index (χ3n) is 2.21. The van der Waals surface area contributed by atoms with Crippen LogP contribution in [0.1, 0.15) is 15.9 Å². The van der Waals surface area contributed by atoms with Crippen molar-refractivity contribution < 1.29 is 4.79 Å². The van der Waals surface area contributed by atoms with E-state index in [1.165, 1.54) is 4.68 Å². The van der Waals surface area contributed by atoms with Gasteiger partial charge in [0.2, 0.25) is 5.95 Å². The highest BCUT2D eigenvalue weighted by molar-refractivity contribution is 6.34. The Morgan fingerprint density at radius 1 is 1.47 bits per heavy atom. The molecule has 0 radical (unpaired) electrons. The minimum atomic E-state index is -0.340. The van der Waals surface area contributed by atoms with E-state index >= 15 is 0 Å². The first-order valence-corrected chi connectivity index (χ1v) is 5.25. The fourth-order valence-electron chi connectivity index (χ4n) is 1.31. The average molecular weight is 252 g/mol. The van der Waals surface area contributed by atoms with E-state index in [4.69, 9.17) is 11.6 Å². The van der Waals surface area contributed by atoms with Gasteiger partial charge in [0.25, 0.3) is 5.91 Å². The minimum absolute atomic E-state index is 0.270. The number of aryl methyl sites for hydroxylation is 2. The molecule has 1 amide bonds. The van der Waals surface area contributed by atoms with Crippen molar-refractivity contribution in [3.8, 4) is 0 Å². The molecule has 2 rings (SSSR count). The number of tetrazole rings is 1. The molecular weight excluding hydrogens is 242 g/mol. The van der Waals surface area contributed by atoms with Crippen LogP contribution in [0.2, 0.25) is 5.02 Å².